The summed E-state index contributed by atoms with van der Waals surface area (Å²) in [5.41, 5.74) is 2.56. The molecule has 26 heavy (non-hydrogen) atoms. The smallest absolute Gasteiger partial charge is 0.278 e. The Labute approximate surface area is 156 Å². The minimum atomic E-state index is -0.293. The van der Waals surface area contributed by atoms with Crippen LogP contribution in [0.3, 0.4) is 0 Å². The second kappa shape index (κ2) is 8.01. The SMILES string of the molecule is CCCc1c(C(=O)Nc2ccc(OC)cc2)nnn1-c1ccc(Cl)cc1. The van der Waals surface area contributed by atoms with Gasteiger partial charge in [-0.2, -0.15) is 0 Å². The Morgan fingerprint density at radius 3 is 2.46 bits per heavy atom. The van der Waals surface area contributed by atoms with Gasteiger partial charge in [-0.3, -0.25) is 4.79 Å². The quantitative estimate of drug-likeness (QED) is 0.708. The Morgan fingerprint density at radius 2 is 1.85 bits per heavy atom. The van der Waals surface area contributed by atoms with Gasteiger partial charge in [0.05, 0.1) is 18.5 Å². The third kappa shape index (κ3) is 3.86. The number of anilines is 1. The highest BCUT2D eigenvalue weighted by Gasteiger charge is 2.20. The zero-order valence-corrected chi connectivity index (χ0v) is 15.3. The standard InChI is InChI=1S/C19H19ClN4O2/c1-3-4-17-18(19(25)21-14-7-11-16(26-2)12-8-14)22-23-24(17)15-9-5-13(20)6-10-15/h5-12H,3-4H2,1-2H3,(H,21,25). The molecule has 134 valence electrons. The number of methoxy groups -OCH3 is 1. The van der Waals surface area contributed by atoms with Crippen LogP contribution in [0.5, 0.6) is 5.75 Å². The normalized spacial score (nSPS) is 10.6. The first kappa shape index (κ1) is 17.9. The predicted octanol–water partition coefficient (Wildman–Crippen LogP) is 4.13. The van der Waals surface area contributed by atoms with Crippen LogP contribution in [0.4, 0.5) is 5.69 Å². The van der Waals surface area contributed by atoms with E-state index in [1.54, 1.807) is 48.2 Å². The van der Waals surface area contributed by atoms with Gasteiger partial charge in [0.25, 0.3) is 5.91 Å². The number of amides is 1. The van der Waals surface area contributed by atoms with Crippen molar-refractivity contribution in [3.8, 4) is 11.4 Å². The van der Waals surface area contributed by atoms with Crippen LogP contribution in [-0.2, 0) is 6.42 Å². The maximum atomic E-state index is 12.7. The molecule has 0 unspecified atom stereocenters. The molecule has 0 radical (unpaired) electrons. The number of carbonyl (C=O) groups is 1. The molecule has 2 aromatic carbocycles. The molecule has 0 spiro atoms. The van der Waals surface area contributed by atoms with Crippen molar-refractivity contribution in [1.29, 1.82) is 0 Å². The second-order valence-electron chi connectivity index (χ2n) is 5.71. The van der Waals surface area contributed by atoms with E-state index in [1.807, 2.05) is 19.1 Å². The molecule has 0 saturated heterocycles. The van der Waals surface area contributed by atoms with Gasteiger partial charge in [-0.05, 0) is 55.0 Å². The van der Waals surface area contributed by atoms with E-state index >= 15 is 0 Å². The maximum Gasteiger partial charge on any atom is 0.278 e. The lowest BCUT2D eigenvalue weighted by atomic mass is 10.2. The molecule has 0 aliphatic rings. The van der Waals surface area contributed by atoms with Gasteiger partial charge in [0.2, 0.25) is 0 Å². The van der Waals surface area contributed by atoms with Gasteiger partial charge in [-0.1, -0.05) is 30.2 Å². The summed E-state index contributed by atoms with van der Waals surface area (Å²) in [6, 6.07) is 14.4. The van der Waals surface area contributed by atoms with Crippen LogP contribution in [0.1, 0.15) is 29.5 Å². The van der Waals surface area contributed by atoms with Gasteiger partial charge in [-0.25, -0.2) is 4.68 Å². The van der Waals surface area contributed by atoms with Crippen molar-refractivity contribution in [2.45, 2.75) is 19.8 Å². The molecular formula is C19H19ClN4O2. The number of ether oxygens (including phenoxy) is 1. The highest BCUT2D eigenvalue weighted by atomic mass is 35.5. The van der Waals surface area contributed by atoms with Crippen LogP contribution in [-0.4, -0.2) is 28.0 Å². The van der Waals surface area contributed by atoms with Crippen LogP contribution in [0, 0.1) is 0 Å². The van der Waals surface area contributed by atoms with Crippen LogP contribution in [0.15, 0.2) is 48.5 Å². The van der Waals surface area contributed by atoms with Crippen LogP contribution in [0.2, 0.25) is 5.02 Å². The average Bonchev–Trinajstić information content (AvgIpc) is 3.07. The fourth-order valence-electron chi connectivity index (χ4n) is 2.59. The van der Waals surface area contributed by atoms with E-state index in [9.17, 15) is 4.79 Å². The summed E-state index contributed by atoms with van der Waals surface area (Å²) in [7, 11) is 1.60. The van der Waals surface area contributed by atoms with Gasteiger partial charge < -0.3 is 10.1 Å². The van der Waals surface area contributed by atoms with Crippen molar-refractivity contribution < 1.29 is 9.53 Å². The number of carbonyl (C=O) groups excluding carboxylic acids is 1. The highest BCUT2D eigenvalue weighted by Crippen LogP contribution is 2.20. The number of hydrogen-bond acceptors (Lipinski definition) is 4. The van der Waals surface area contributed by atoms with E-state index in [0.717, 1.165) is 23.6 Å². The third-order valence-electron chi connectivity index (χ3n) is 3.88. The summed E-state index contributed by atoms with van der Waals surface area (Å²) >= 11 is 5.95. The van der Waals surface area contributed by atoms with Gasteiger partial charge in [0.15, 0.2) is 5.69 Å². The molecule has 1 N–H and O–H groups in total. The summed E-state index contributed by atoms with van der Waals surface area (Å²) in [4.78, 5) is 12.7. The molecule has 6 nitrogen and oxygen atoms in total. The zero-order valence-electron chi connectivity index (χ0n) is 14.6. The van der Waals surface area contributed by atoms with Crippen LogP contribution < -0.4 is 10.1 Å². The average molecular weight is 371 g/mol. The molecule has 0 fully saturated rings. The maximum absolute atomic E-state index is 12.7. The minimum absolute atomic E-state index is 0.293. The largest absolute Gasteiger partial charge is 0.497 e. The van der Waals surface area contributed by atoms with Gasteiger partial charge in [0.1, 0.15) is 5.75 Å². The number of halogens is 1. The monoisotopic (exact) mass is 370 g/mol. The number of hydrogen-bond donors (Lipinski definition) is 1. The van der Waals surface area contributed by atoms with Crippen LogP contribution >= 0.6 is 11.6 Å². The second-order valence-corrected chi connectivity index (χ2v) is 6.14. The molecule has 1 heterocycles. The first-order valence-corrected chi connectivity index (χ1v) is 8.66. The van der Waals surface area contributed by atoms with E-state index in [2.05, 4.69) is 15.6 Å². The minimum Gasteiger partial charge on any atom is -0.497 e. The lowest BCUT2D eigenvalue weighted by molar-refractivity contribution is 0.102. The van der Waals surface area contributed by atoms with Gasteiger partial charge in [-0.15, -0.1) is 5.10 Å². The molecule has 0 saturated carbocycles. The molecule has 0 atom stereocenters. The molecule has 0 bridgehead atoms. The molecule has 1 aromatic heterocycles. The van der Waals surface area contributed by atoms with E-state index in [4.69, 9.17) is 16.3 Å². The third-order valence-corrected chi connectivity index (χ3v) is 4.14. The van der Waals surface area contributed by atoms with E-state index in [-0.39, 0.29) is 5.91 Å². The number of benzene rings is 2. The molecule has 0 aliphatic heterocycles. The lowest BCUT2D eigenvalue weighted by Gasteiger charge is -2.08. The van der Waals surface area contributed by atoms with Crippen LogP contribution in [0.25, 0.3) is 5.69 Å². The predicted molar refractivity (Wildman–Crippen MR) is 101 cm³/mol. The zero-order chi connectivity index (χ0) is 18.5. The van der Waals surface area contributed by atoms with Gasteiger partial charge >= 0.3 is 0 Å². The molecular weight excluding hydrogens is 352 g/mol. The molecule has 0 aliphatic carbocycles. The number of nitrogens with one attached hydrogen (secondary N) is 1. The Kier molecular flexibility index (Phi) is 5.53. The first-order valence-electron chi connectivity index (χ1n) is 8.28. The van der Waals surface area contributed by atoms with E-state index < -0.39 is 0 Å². The Balaban J connectivity index is 1.88. The fraction of sp³-hybridized carbons (Fsp3) is 0.211. The van der Waals surface area contributed by atoms with Crippen molar-refractivity contribution in [1.82, 2.24) is 15.0 Å². The summed E-state index contributed by atoms with van der Waals surface area (Å²) < 4.78 is 6.81. The molecule has 1 amide bonds. The van der Waals surface area contributed by atoms with Crippen molar-refractivity contribution >= 4 is 23.2 Å². The number of aromatic nitrogens is 3. The van der Waals surface area contributed by atoms with Crippen molar-refractivity contribution in [2.24, 2.45) is 0 Å². The van der Waals surface area contributed by atoms with Gasteiger partial charge in [0, 0.05) is 10.7 Å². The molecule has 3 rings (SSSR count). The Bertz CT molecular complexity index is 889. The van der Waals surface area contributed by atoms with Crippen molar-refractivity contribution in [3.05, 3.63) is 64.9 Å². The Morgan fingerprint density at radius 1 is 1.15 bits per heavy atom. The van der Waals surface area contributed by atoms with Crippen molar-refractivity contribution in [2.75, 3.05) is 12.4 Å². The van der Waals surface area contributed by atoms with E-state index in [0.29, 0.717) is 22.8 Å². The highest BCUT2D eigenvalue weighted by molar-refractivity contribution is 6.30. The Hall–Kier alpha value is -2.86. The number of nitrogens with zero attached hydrogens (tertiary/aromatic N) is 3. The summed E-state index contributed by atoms with van der Waals surface area (Å²) in [6.45, 7) is 2.05. The molecule has 7 heteroatoms. The topological polar surface area (TPSA) is 69.0 Å². The van der Waals surface area contributed by atoms with Crippen molar-refractivity contribution in [3.63, 3.8) is 0 Å². The number of rotatable bonds is 6. The summed E-state index contributed by atoms with van der Waals surface area (Å²) in [5, 5.41) is 11.8. The fourth-order valence-corrected chi connectivity index (χ4v) is 2.72. The first-order chi connectivity index (χ1) is 12.6. The summed E-state index contributed by atoms with van der Waals surface area (Å²) in [6.07, 6.45) is 1.55. The summed E-state index contributed by atoms with van der Waals surface area (Å²) in [5.74, 6) is 0.433. The van der Waals surface area contributed by atoms with E-state index in [1.165, 1.54) is 0 Å². The molecule has 3 aromatic rings. The lowest BCUT2D eigenvalue weighted by Crippen LogP contribution is -2.15.